The molecule has 1 atom stereocenters. The molecule has 0 bridgehead atoms. The fourth-order valence-electron chi connectivity index (χ4n) is 2.92. The summed E-state index contributed by atoms with van der Waals surface area (Å²) in [5.74, 6) is 1.43. The minimum absolute atomic E-state index is 0.166. The number of aromatic nitrogens is 3. The van der Waals surface area contributed by atoms with Crippen molar-refractivity contribution in [3.8, 4) is 5.69 Å². The first kappa shape index (κ1) is 16.6. The van der Waals surface area contributed by atoms with E-state index in [1.54, 1.807) is 4.68 Å². The van der Waals surface area contributed by atoms with Gasteiger partial charge in [-0.3, -0.25) is 4.79 Å². The van der Waals surface area contributed by atoms with Crippen LogP contribution in [0.25, 0.3) is 5.69 Å². The van der Waals surface area contributed by atoms with E-state index < -0.39 is 0 Å². The number of rotatable bonds is 5. The molecule has 6 heteroatoms. The summed E-state index contributed by atoms with van der Waals surface area (Å²) in [6.07, 6.45) is 3.00. The summed E-state index contributed by atoms with van der Waals surface area (Å²) in [4.78, 5) is 19.0. The van der Waals surface area contributed by atoms with E-state index in [1.807, 2.05) is 35.2 Å². The van der Waals surface area contributed by atoms with Crippen LogP contribution < -0.4 is 0 Å². The largest absolute Gasteiger partial charge is 0.377 e. The Hall–Kier alpha value is -2.21. The van der Waals surface area contributed by atoms with E-state index in [-0.39, 0.29) is 11.9 Å². The summed E-state index contributed by atoms with van der Waals surface area (Å²) in [6, 6.07) is 9.65. The quantitative estimate of drug-likeness (QED) is 0.846. The van der Waals surface area contributed by atoms with Gasteiger partial charge >= 0.3 is 0 Å². The standard InChI is InChI=1S/C18H24N4O2/c1-14(2)8-9-17(23)21-10-11-24-12-16(21)18-19-13-20-22(18)15-6-4-3-5-7-15/h3-7,13-14,16H,8-12H2,1-2H3. The molecule has 2 aromatic rings. The predicted molar refractivity (Wildman–Crippen MR) is 90.7 cm³/mol. The van der Waals surface area contributed by atoms with Crippen LogP contribution in [-0.2, 0) is 9.53 Å². The highest BCUT2D eigenvalue weighted by molar-refractivity contribution is 5.76. The minimum atomic E-state index is -0.193. The second-order valence-corrected chi connectivity index (χ2v) is 6.48. The van der Waals surface area contributed by atoms with Gasteiger partial charge in [-0.05, 0) is 24.5 Å². The van der Waals surface area contributed by atoms with E-state index in [4.69, 9.17) is 4.74 Å². The van der Waals surface area contributed by atoms with Crippen LogP contribution in [0.15, 0.2) is 36.7 Å². The Morgan fingerprint density at radius 2 is 2.12 bits per heavy atom. The van der Waals surface area contributed by atoms with E-state index in [1.165, 1.54) is 6.33 Å². The van der Waals surface area contributed by atoms with Gasteiger partial charge in [0.05, 0.1) is 18.9 Å². The van der Waals surface area contributed by atoms with Crippen LogP contribution in [0.2, 0.25) is 0 Å². The van der Waals surface area contributed by atoms with Crippen LogP contribution in [0.5, 0.6) is 0 Å². The molecule has 2 heterocycles. The molecule has 1 aliphatic heterocycles. The van der Waals surface area contributed by atoms with Crippen LogP contribution in [0.1, 0.15) is 38.6 Å². The zero-order chi connectivity index (χ0) is 16.9. The third-order valence-corrected chi connectivity index (χ3v) is 4.26. The van der Waals surface area contributed by atoms with Crippen LogP contribution in [0.3, 0.4) is 0 Å². The predicted octanol–water partition coefficient (Wildman–Crippen LogP) is 2.60. The molecule has 6 nitrogen and oxygen atoms in total. The summed E-state index contributed by atoms with van der Waals surface area (Å²) >= 11 is 0. The first-order chi connectivity index (χ1) is 11.7. The molecule has 1 aliphatic rings. The Labute approximate surface area is 142 Å². The third-order valence-electron chi connectivity index (χ3n) is 4.26. The van der Waals surface area contributed by atoms with Crippen molar-refractivity contribution in [2.45, 2.75) is 32.7 Å². The van der Waals surface area contributed by atoms with Gasteiger partial charge < -0.3 is 9.64 Å². The monoisotopic (exact) mass is 328 g/mol. The Balaban J connectivity index is 1.84. The van der Waals surface area contributed by atoms with E-state index in [0.717, 1.165) is 17.9 Å². The van der Waals surface area contributed by atoms with E-state index in [9.17, 15) is 4.79 Å². The summed E-state index contributed by atoms with van der Waals surface area (Å²) in [5, 5.41) is 4.34. The first-order valence-corrected chi connectivity index (χ1v) is 8.49. The molecule has 0 N–H and O–H groups in total. The summed E-state index contributed by atoms with van der Waals surface area (Å²) in [7, 11) is 0. The molecular weight excluding hydrogens is 304 g/mol. The number of ether oxygens (including phenoxy) is 1. The number of hydrogen-bond acceptors (Lipinski definition) is 4. The molecule has 24 heavy (non-hydrogen) atoms. The maximum absolute atomic E-state index is 12.7. The van der Waals surface area contributed by atoms with Crippen molar-refractivity contribution in [3.63, 3.8) is 0 Å². The lowest BCUT2D eigenvalue weighted by atomic mass is 10.1. The van der Waals surface area contributed by atoms with Gasteiger partial charge in [0.15, 0.2) is 5.82 Å². The summed E-state index contributed by atoms with van der Waals surface area (Å²) < 4.78 is 7.42. The van der Waals surface area contributed by atoms with Gasteiger partial charge in [-0.1, -0.05) is 32.0 Å². The van der Waals surface area contributed by atoms with Crippen LogP contribution in [0, 0.1) is 5.92 Å². The number of carbonyl (C=O) groups excluding carboxylic acids is 1. The molecule has 0 radical (unpaired) electrons. The van der Waals surface area contributed by atoms with Crippen molar-refractivity contribution in [1.29, 1.82) is 0 Å². The molecule has 0 saturated carbocycles. The molecule has 1 aromatic carbocycles. The van der Waals surface area contributed by atoms with Gasteiger partial charge in [-0.15, -0.1) is 0 Å². The van der Waals surface area contributed by atoms with Gasteiger partial charge in [0.2, 0.25) is 5.91 Å². The molecule has 1 unspecified atom stereocenters. The Kier molecular flexibility index (Phi) is 5.25. The fraction of sp³-hybridized carbons (Fsp3) is 0.500. The Morgan fingerprint density at radius 3 is 2.88 bits per heavy atom. The van der Waals surface area contributed by atoms with Crippen molar-refractivity contribution < 1.29 is 9.53 Å². The van der Waals surface area contributed by atoms with Crippen molar-refractivity contribution in [3.05, 3.63) is 42.5 Å². The average molecular weight is 328 g/mol. The zero-order valence-electron chi connectivity index (χ0n) is 14.3. The highest BCUT2D eigenvalue weighted by Crippen LogP contribution is 2.25. The Bertz CT molecular complexity index is 669. The lowest BCUT2D eigenvalue weighted by Gasteiger charge is -2.35. The SMILES string of the molecule is CC(C)CCC(=O)N1CCOCC1c1ncnn1-c1ccccc1. The van der Waals surface area contributed by atoms with Gasteiger partial charge in [0.25, 0.3) is 0 Å². The fourth-order valence-corrected chi connectivity index (χ4v) is 2.92. The maximum Gasteiger partial charge on any atom is 0.223 e. The number of amides is 1. The van der Waals surface area contributed by atoms with Crippen LogP contribution in [-0.4, -0.2) is 45.3 Å². The molecule has 128 valence electrons. The number of nitrogens with zero attached hydrogens (tertiary/aromatic N) is 4. The number of benzene rings is 1. The third kappa shape index (κ3) is 3.64. The van der Waals surface area contributed by atoms with Crippen LogP contribution >= 0.6 is 0 Å². The number of para-hydroxylation sites is 1. The van der Waals surface area contributed by atoms with Crippen molar-refractivity contribution in [2.75, 3.05) is 19.8 Å². The van der Waals surface area contributed by atoms with Gasteiger partial charge in [0, 0.05) is 13.0 Å². The lowest BCUT2D eigenvalue weighted by Crippen LogP contribution is -2.44. The smallest absolute Gasteiger partial charge is 0.223 e. The molecule has 0 aliphatic carbocycles. The zero-order valence-corrected chi connectivity index (χ0v) is 14.3. The summed E-state index contributed by atoms with van der Waals surface area (Å²) in [6.45, 7) is 5.90. The second kappa shape index (κ2) is 7.57. The van der Waals surface area contributed by atoms with Gasteiger partial charge in [-0.2, -0.15) is 5.10 Å². The van der Waals surface area contributed by atoms with Crippen molar-refractivity contribution >= 4 is 5.91 Å². The molecule has 1 aromatic heterocycles. The lowest BCUT2D eigenvalue weighted by molar-refractivity contribution is -0.140. The molecular formula is C18H24N4O2. The summed E-state index contributed by atoms with van der Waals surface area (Å²) in [5.41, 5.74) is 0.935. The molecule has 0 spiro atoms. The van der Waals surface area contributed by atoms with Crippen molar-refractivity contribution in [2.24, 2.45) is 5.92 Å². The first-order valence-electron chi connectivity index (χ1n) is 8.49. The highest BCUT2D eigenvalue weighted by atomic mass is 16.5. The maximum atomic E-state index is 12.7. The minimum Gasteiger partial charge on any atom is -0.377 e. The van der Waals surface area contributed by atoms with E-state index >= 15 is 0 Å². The topological polar surface area (TPSA) is 60.3 Å². The highest BCUT2D eigenvalue weighted by Gasteiger charge is 2.32. The molecule has 1 saturated heterocycles. The van der Waals surface area contributed by atoms with Gasteiger partial charge in [0.1, 0.15) is 12.4 Å². The van der Waals surface area contributed by atoms with E-state index in [0.29, 0.717) is 32.1 Å². The normalized spacial score (nSPS) is 18.1. The van der Waals surface area contributed by atoms with Crippen molar-refractivity contribution in [1.82, 2.24) is 19.7 Å². The van der Waals surface area contributed by atoms with E-state index in [2.05, 4.69) is 23.9 Å². The number of morpholine rings is 1. The average Bonchev–Trinajstić information content (AvgIpc) is 3.10. The number of carbonyl (C=O) groups is 1. The van der Waals surface area contributed by atoms with Crippen LogP contribution in [0.4, 0.5) is 0 Å². The molecule has 1 fully saturated rings. The Morgan fingerprint density at radius 1 is 1.33 bits per heavy atom. The number of hydrogen-bond donors (Lipinski definition) is 0. The second-order valence-electron chi connectivity index (χ2n) is 6.48. The van der Waals surface area contributed by atoms with Gasteiger partial charge in [-0.25, -0.2) is 9.67 Å². The molecule has 1 amide bonds. The molecule has 3 rings (SSSR count).